The molecule has 0 aliphatic heterocycles. The minimum absolute atomic E-state index is 0. The number of rotatable bonds is 4. The van der Waals surface area contributed by atoms with Crippen LogP contribution in [0, 0.1) is 0 Å². The molecule has 52 valence electrons. The quantitative estimate of drug-likeness (QED) is 0.543. The fourth-order valence-electron chi connectivity index (χ4n) is 0.571. The first-order chi connectivity index (χ1) is 3.41. The molecule has 0 heterocycles. The number of unbranched alkanes of at least 4 members (excludes halogenated alkanes) is 3. The van der Waals surface area contributed by atoms with E-state index < -0.39 is 0 Å². The molecular formula is C6H15NRu. The van der Waals surface area contributed by atoms with Gasteiger partial charge in [-0.1, -0.05) is 26.2 Å². The first-order valence-electron chi connectivity index (χ1n) is 3.12. The summed E-state index contributed by atoms with van der Waals surface area (Å²) in [5.74, 6) is 0. The van der Waals surface area contributed by atoms with Crippen LogP contribution in [0.1, 0.15) is 32.6 Å². The first-order valence-corrected chi connectivity index (χ1v) is 3.12. The van der Waals surface area contributed by atoms with E-state index in [4.69, 9.17) is 5.73 Å². The summed E-state index contributed by atoms with van der Waals surface area (Å²) < 4.78 is 0. The zero-order valence-electron chi connectivity index (χ0n) is 5.47. The van der Waals surface area contributed by atoms with Crippen LogP contribution in [0.25, 0.3) is 0 Å². The van der Waals surface area contributed by atoms with Gasteiger partial charge in [0, 0.05) is 19.5 Å². The van der Waals surface area contributed by atoms with E-state index in [0.717, 1.165) is 6.54 Å². The van der Waals surface area contributed by atoms with Crippen molar-refractivity contribution in [1.82, 2.24) is 0 Å². The Kier molecular flexibility index (Phi) is 15.0. The van der Waals surface area contributed by atoms with Gasteiger partial charge in [0.05, 0.1) is 0 Å². The molecule has 0 aromatic carbocycles. The molecule has 0 rings (SSSR count). The summed E-state index contributed by atoms with van der Waals surface area (Å²) in [6.45, 7) is 3.07. The van der Waals surface area contributed by atoms with Gasteiger partial charge in [-0.15, -0.1) is 0 Å². The third-order valence-corrected chi connectivity index (χ3v) is 1.06. The Morgan fingerprint density at radius 1 is 1.12 bits per heavy atom. The fraction of sp³-hybridized carbons (Fsp3) is 1.00. The molecule has 0 aliphatic rings. The SMILES string of the molecule is CCCCCCN.[Ru]. The Bertz CT molecular complexity index is 27.7. The molecule has 0 fully saturated rings. The molecule has 0 bridgehead atoms. The third kappa shape index (κ3) is 9.77. The maximum atomic E-state index is 5.27. The van der Waals surface area contributed by atoms with Gasteiger partial charge in [0.1, 0.15) is 0 Å². The predicted molar refractivity (Wildman–Crippen MR) is 33.2 cm³/mol. The van der Waals surface area contributed by atoms with E-state index in [2.05, 4.69) is 6.92 Å². The largest absolute Gasteiger partial charge is 0.330 e. The van der Waals surface area contributed by atoms with Gasteiger partial charge < -0.3 is 5.73 Å². The van der Waals surface area contributed by atoms with E-state index in [0.29, 0.717) is 0 Å². The molecule has 0 unspecified atom stereocenters. The van der Waals surface area contributed by atoms with Gasteiger partial charge in [0.15, 0.2) is 0 Å². The Morgan fingerprint density at radius 2 is 1.75 bits per heavy atom. The second-order valence-electron chi connectivity index (χ2n) is 1.85. The summed E-state index contributed by atoms with van der Waals surface area (Å²) in [5.41, 5.74) is 5.27. The van der Waals surface area contributed by atoms with Crippen molar-refractivity contribution >= 4 is 0 Å². The third-order valence-electron chi connectivity index (χ3n) is 1.06. The van der Waals surface area contributed by atoms with Crippen LogP contribution in [-0.2, 0) is 19.5 Å². The van der Waals surface area contributed by atoms with Gasteiger partial charge in [0.25, 0.3) is 0 Å². The Hall–Kier alpha value is 0.583. The smallest absolute Gasteiger partial charge is 0 e. The molecule has 0 saturated heterocycles. The maximum Gasteiger partial charge on any atom is 0 e. The maximum absolute atomic E-state index is 5.27. The standard InChI is InChI=1S/C6H15N.Ru/c1-2-3-4-5-6-7;/h2-7H2,1H3;. The van der Waals surface area contributed by atoms with Crippen LogP contribution in [0.3, 0.4) is 0 Å². The van der Waals surface area contributed by atoms with Crippen molar-refractivity contribution < 1.29 is 19.5 Å². The summed E-state index contributed by atoms with van der Waals surface area (Å²) in [6, 6.07) is 0. The van der Waals surface area contributed by atoms with Crippen molar-refractivity contribution in [3.05, 3.63) is 0 Å². The molecule has 0 aliphatic carbocycles. The average Bonchev–Trinajstić information content (AvgIpc) is 1.69. The van der Waals surface area contributed by atoms with Gasteiger partial charge >= 0.3 is 0 Å². The molecule has 0 aromatic rings. The molecule has 0 saturated carbocycles. The normalized spacial score (nSPS) is 8.25. The fourth-order valence-corrected chi connectivity index (χ4v) is 0.571. The van der Waals surface area contributed by atoms with Gasteiger partial charge in [0.2, 0.25) is 0 Å². The van der Waals surface area contributed by atoms with Crippen LogP contribution in [0.4, 0.5) is 0 Å². The zero-order valence-corrected chi connectivity index (χ0v) is 7.20. The molecule has 1 nitrogen and oxygen atoms in total. The van der Waals surface area contributed by atoms with Crippen molar-refractivity contribution in [3.8, 4) is 0 Å². The Balaban J connectivity index is 0. The topological polar surface area (TPSA) is 26.0 Å². The van der Waals surface area contributed by atoms with Crippen LogP contribution < -0.4 is 5.73 Å². The first kappa shape index (κ1) is 11.4. The van der Waals surface area contributed by atoms with Crippen molar-refractivity contribution in [2.45, 2.75) is 32.6 Å². The van der Waals surface area contributed by atoms with Gasteiger partial charge in [-0.25, -0.2) is 0 Å². The molecule has 8 heavy (non-hydrogen) atoms. The van der Waals surface area contributed by atoms with Crippen LogP contribution in [0.5, 0.6) is 0 Å². The number of nitrogens with two attached hydrogens (primary N) is 1. The van der Waals surface area contributed by atoms with E-state index in [9.17, 15) is 0 Å². The number of hydrogen-bond acceptors (Lipinski definition) is 1. The molecular weight excluding hydrogens is 187 g/mol. The second kappa shape index (κ2) is 10.5. The van der Waals surface area contributed by atoms with Crippen LogP contribution in [0.2, 0.25) is 0 Å². The Morgan fingerprint density at radius 3 is 2.12 bits per heavy atom. The zero-order chi connectivity index (χ0) is 5.54. The monoisotopic (exact) mass is 203 g/mol. The summed E-state index contributed by atoms with van der Waals surface area (Å²) in [6.07, 6.45) is 5.16. The van der Waals surface area contributed by atoms with Crippen LogP contribution in [-0.4, -0.2) is 6.54 Å². The van der Waals surface area contributed by atoms with E-state index >= 15 is 0 Å². The summed E-state index contributed by atoms with van der Waals surface area (Å²) in [5, 5.41) is 0. The summed E-state index contributed by atoms with van der Waals surface area (Å²) >= 11 is 0. The number of hydrogen-bond donors (Lipinski definition) is 1. The molecule has 0 radical (unpaired) electrons. The van der Waals surface area contributed by atoms with E-state index in [1.165, 1.54) is 25.7 Å². The Labute approximate surface area is 64.8 Å². The van der Waals surface area contributed by atoms with Crippen molar-refractivity contribution in [3.63, 3.8) is 0 Å². The van der Waals surface area contributed by atoms with Crippen molar-refractivity contribution in [1.29, 1.82) is 0 Å². The molecule has 0 amide bonds. The van der Waals surface area contributed by atoms with Crippen LogP contribution in [0.15, 0.2) is 0 Å². The van der Waals surface area contributed by atoms with E-state index in [1.807, 2.05) is 0 Å². The molecule has 0 aromatic heterocycles. The predicted octanol–water partition coefficient (Wildman–Crippen LogP) is 1.52. The minimum Gasteiger partial charge on any atom is -0.330 e. The second-order valence-corrected chi connectivity index (χ2v) is 1.85. The molecule has 0 spiro atoms. The molecule has 0 atom stereocenters. The van der Waals surface area contributed by atoms with Crippen molar-refractivity contribution in [2.24, 2.45) is 5.73 Å². The molecule has 2 heteroatoms. The molecule has 2 N–H and O–H groups in total. The average molecular weight is 202 g/mol. The van der Waals surface area contributed by atoms with Gasteiger partial charge in [-0.2, -0.15) is 0 Å². The van der Waals surface area contributed by atoms with E-state index in [-0.39, 0.29) is 19.5 Å². The minimum atomic E-state index is 0. The van der Waals surface area contributed by atoms with Gasteiger partial charge in [-0.05, 0) is 13.0 Å². The van der Waals surface area contributed by atoms with Crippen molar-refractivity contribution in [2.75, 3.05) is 6.54 Å². The van der Waals surface area contributed by atoms with Crippen LogP contribution >= 0.6 is 0 Å². The van der Waals surface area contributed by atoms with E-state index in [1.54, 1.807) is 0 Å². The van der Waals surface area contributed by atoms with Gasteiger partial charge in [-0.3, -0.25) is 0 Å². The summed E-state index contributed by atoms with van der Waals surface area (Å²) in [7, 11) is 0. The summed E-state index contributed by atoms with van der Waals surface area (Å²) in [4.78, 5) is 0.